The Morgan fingerprint density at radius 1 is 0.968 bits per heavy atom. The van der Waals surface area contributed by atoms with Crippen LogP contribution in [0.1, 0.15) is 32.0 Å². The summed E-state index contributed by atoms with van der Waals surface area (Å²) in [6.07, 6.45) is 1.14. The molecule has 0 radical (unpaired) electrons. The van der Waals surface area contributed by atoms with Gasteiger partial charge in [-0.2, -0.15) is 0 Å². The summed E-state index contributed by atoms with van der Waals surface area (Å²) in [7, 11) is 0. The Balaban J connectivity index is 1.59. The first kappa shape index (κ1) is 21.0. The Kier molecular flexibility index (Phi) is 5.72. The molecule has 0 fully saturated rings. The third-order valence-electron chi connectivity index (χ3n) is 5.46. The molecule has 0 aliphatic carbocycles. The first-order chi connectivity index (χ1) is 14.8. The van der Waals surface area contributed by atoms with E-state index in [1.807, 2.05) is 63.2 Å². The van der Waals surface area contributed by atoms with Crippen molar-refractivity contribution in [3.63, 3.8) is 0 Å². The standard InChI is InChI=1S/C25H29N3O3/c1-25(2,3)31-24(30)27-15-13-20-19-11-7-8-12-21(19)28(22(20)14-16-27)17-23(29)26-18-9-5-4-6-10-18/h4-12H,13-17H2,1-3H3,(H,26,29). The number of ether oxygens (including phenoxy) is 1. The van der Waals surface area contributed by atoms with Crippen LogP contribution >= 0.6 is 0 Å². The van der Waals surface area contributed by atoms with Crippen molar-refractivity contribution in [1.29, 1.82) is 0 Å². The molecule has 0 saturated heterocycles. The molecule has 6 nitrogen and oxygen atoms in total. The van der Waals surface area contributed by atoms with Gasteiger partial charge in [0.05, 0.1) is 0 Å². The van der Waals surface area contributed by atoms with Gasteiger partial charge >= 0.3 is 6.09 Å². The lowest BCUT2D eigenvalue weighted by molar-refractivity contribution is -0.116. The van der Waals surface area contributed by atoms with E-state index in [9.17, 15) is 9.59 Å². The quantitative estimate of drug-likeness (QED) is 0.674. The van der Waals surface area contributed by atoms with Gasteiger partial charge in [0.1, 0.15) is 12.1 Å². The van der Waals surface area contributed by atoms with Gasteiger partial charge in [-0.25, -0.2) is 4.79 Å². The molecule has 6 heteroatoms. The Morgan fingerprint density at radius 3 is 2.39 bits per heavy atom. The number of benzene rings is 2. The monoisotopic (exact) mass is 419 g/mol. The molecule has 2 amide bonds. The van der Waals surface area contributed by atoms with Crippen molar-refractivity contribution in [2.45, 2.75) is 45.8 Å². The Labute approximate surface area is 182 Å². The minimum absolute atomic E-state index is 0.0667. The molecular formula is C25H29N3O3. The lowest BCUT2D eigenvalue weighted by Crippen LogP contribution is -2.38. The summed E-state index contributed by atoms with van der Waals surface area (Å²) in [6, 6.07) is 17.7. The zero-order valence-electron chi connectivity index (χ0n) is 18.4. The second kappa shape index (κ2) is 8.46. The molecule has 1 N–H and O–H groups in total. The minimum atomic E-state index is -0.520. The fourth-order valence-electron chi connectivity index (χ4n) is 4.15. The lowest BCUT2D eigenvalue weighted by atomic mass is 10.1. The largest absolute Gasteiger partial charge is 0.444 e. The number of hydrogen-bond donors (Lipinski definition) is 1. The molecule has 0 unspecified atom stereocenters. The normalized spacial score (nSPS) is 14.1. The van der Waals surface area contributed by atoms with E-state index >= 15 is 0 Å². The van der Waals surface area contributed by atoms with Crippen LogP contribution < -0.4 is 5.32 Å². The molecule has 31 heavy (non-hydrogen) atoms. The number of anilines is 1. The van der Waals surface area contributed by atoms with Crippen molar-refractivity contribution < 1.29 is 14.3 Å². The Morgan fingerprint density at radius 2 is 1.65 bits per heavy atom. The van der Waals surface area contributed by atoms with Gasteiger partial charge in [-0.3, -0.25) is 4.79 Å². The first-order valence-corrected chi connectivity index (χ1v) is 10.7. The van der Waals surface area contributed by atoms with E-state index < -0.39 is 5.60 Å². The second-order valence-electron chi connectivity index (χ2n) is 8.91. The molecule has 1 aliphatic rings. The number of para-hydroxylation sites is 2. The average molecular weight is 420 g/mol. The summed E-state index contributed by atoms with van der Waals surface area (Å²) in [5.41, 5.74) is 3.66. The zero-order valence-corrected chi connectivity index (χ0v) is 18.4. The number of carbonyl (C=O) groups excluding carboxylic acids is 2. The smallest absolute Gasteiger partial charge is 0.410 e. The van der Waals surface area contributed by atoms with Crippen LogP contribution in [-0.2, 0) is 28.9 Å². The zero-order chi connectivity index (χ0) is 22.0. The predicted octanol–water partition coefficient (Wildman–Crippen LogP) is 4.62. The van der Waals surface area contributed by atoms with Gasteiger partial charge < -0.3 is 19.5 Å². The van der Waals surface area contributed by atoms with Gasteiger partial charge in [0.15, 0.2) is 0 Å². The number of rotatable bonds is 3. The number of carbonyl (C=O) groups is 2. The van der Waals surface area contributed by atoms with E-state index in [0.717, 1.165) is 28.7 Å². The second-order valence-corrected chi connectivity index (χ2v) is 8.91. The highest BCUT2D eigenvalue weighted by Gasteiger charge is 2.27. The number of nitrogens with zero attached hydrogens (tertiary/aromatic N) is 2. The fourth-order valence-corrected chi connectivity index (χ4v) is 4.15. The molecule has 162 valence electrons. The molecule has 4 rings (SSSR count). The maximum absolute atomic E-state index is 12.8. The van der Waals surface area contributed by atoms with Crippen LogP contribution in [0.25, 0.3) is 10.9 Å². The summed E-state index contributed by atoms with van der Waals surface area (Å²) >= 11 is 0. The summed E-state index contributed by atoms with van der Waals surface area (Å²) in [5.74, 6) is -0.0667. The molecule has 0 spiro atoms. The Hall–Kier alpha value is -3.28. The predicted molar refractivity (Wildman–Crippen MR) is 122 cm³/mol. The summed E-state index contributed by atoms with van der Waals surface area (Å²) in [5, 5.41) is 4.12. The third-order valence-corrected chi connectivity index (χ3v) is 5.46. The van der Waals surface area contributed by atoms with Gasteiger partial charge in [0, 0.05) is 41.8 Å². The molecule has 0 atom stereocenters. The number of hydrogen-bond acceptors (Lipinski definition) is 3. The van der Waals surface area contributed by atoms with E-state index in [0.29, 0.717) is 19.5 Å². The first-order valence-electron chi connectivity index (χ1n) is 10.7. The van der Waals surface area contributed by atoms with Crippen LogP contribution in [0.5, 0.6) is 0 Å². The summed E-state index contributed by atoms with van der Waals surface area (Å²) in [4.78, 5) is 27.2. The lowest BCUT2D eigenvalue weighted by Gasteiger charge is -2.26. The van der Waals surface area contributed by atoms with Gasteiger partial charge in [0.2, 0.25) is 5.91 Å². The van der Waals surface area contributed by atoms with Crippen molar-refractivity contribution in [3.05, 3.63) is 65.9 Å². The van der Waals surface area contributed by atoms with E-state index in [-0.39, 0.29) is 18.5 Å². The van der Waals surface area contributed by atoms with Gasteiger partial charge in [-0.1, -0.05) is 36.4 Å². The molecule has 3 aromatic rings. The molecule has 2 aromatic carbocycles. The van der Waals surface area contributed by atoms with Crippen LogP contribution in [0.15, 0.2) is 54.6 Å². The van der Waals surface area contributed by atoms with Crippen LogP contribution in [0.2, 0.25) is 0 Å². The van der Waals surface area contributed by atoms with Crippen molar-refractivity contribution in [3.8, 4) is 0 Å². The Bertz CT molecular complexity index is 1100. The highest BCUT2D eigenvalue weighted by Crippen LogP contribution is 2.30. The van der Waals surface area contributed by atoms with E-state index in [2.05, 4.69) is 22.0 Å². The number of amides is 2. The summed E-state index contributed by atoms with van der Waals surface area (Å²) in [6.45, 7) is 7.04. The topological polar surface area (TPSA) is 63.6 Å². The number of aromatic nitrogens is 1. The number of nitrogens with one attached hydrogen (secondary N) is 1. The van der Waals surface area contributed by atoms with Crippen LogP contribution in [0.3, 0.4) is 0 Å². The molecule has 1 aromatic heterocycles. The van der Waals surface area contributed by atoms with Crippen molar-refractivity contribution >= 4 is 28.6 Å². The highest BCUT2D eigenvalue weighted by molar-refractivity contribution is 5.93. The maximum atomic E-state index is 12.8. The molecule has 0 saturated carbocycles. The number of fused-ring (bicyclic) bond motifs is 3. The van der Waals surface area contributed by atoms with Crippen LogP contribution in [0, 0.1) is 0 Å². The van der Waals surface area contributed by atoms with Gasteiger partial charge in [-0.05, 0) is 51.0 Å². The molecular weight excluding hydrogens is 390 g/mol. The van der Waals surface area contributed by atoms with Gasteiger partial charge in [-0.15, -0.1) is 0 Å². The van der Waals surface area contributed by atoms with E-state index in [1.165, 1.54) is 5.56 Å². The van der Waals surface area contributed by atoms with Crippen molar-refractivity contribution in [2.24, 2.45) is 0 Å². The van der Waals surface area contributed by atoms with E-state index in [1.54, 1.807) is 4.90 Å². The molecule has 0 bridgehead atoms. The van der Waals surface area contributed by atoms with E-state index in [4.69, 9.17) is 4.74 Å². The minimum Gasteiger partial charge on any atom is -0.444 e. The SMILES string of the molecule is CC(C)(C)OC(=O)N1CCc2c(n(CC(=O)Nc3ccccc3)c3ccccc23)CC1. The average Bonchev–Trinajstić information content (AvgIpc) is 2.86. The van der Waals surface area contributed by atoms with Crippen molar-refractivity contribution in [1.82, 2.24) is 9.47 Å². The van der Waals surface area contributed by atoms with Gasteiger partial charge in [0.25, 0.3) is 0 Å². The third kappa shape index (κ3) is 4.74. The maximum Gasteiger partial charge on any atom is 0.410 e. The van der Waals surface area contributed by atoms with Crippen molar-refractivity contribution in [2.75, 3.05) is 18.4 Å². The molecule has 1 aliphatic heterocycles. The van der Waals surface area contributed by atoms with Crippen LogP contribution in [-0.4, -0.2) is 40.2 Å². The summed E-state index contributed by atoms with van der Waals surface area (Å²) < 4.78 is 7.67. The fraction of sp³-hybridized carbons (Fsp3) is 0.360. The van der Waals surface area contributed by atoms with Crippen LogP contribution in [0.4, 0.5) is 10.5 Å². The highest BCUT2D eigenvalue weighted by atomic mass is 16.6. The molecule has 2 heterocycles.